The van der Waals surface area contributed by atoms with Crippen molar-refractivity contribution in [3.63, 3.8) is 0 Å². The zero-order chi connectivity index (χ0) is 28.5. The Balaban J connectivity index is 0. The number of hydrogen-bond donors (Lipinski definition) is 2. The van der Waals surface area contributed by atoms with Crippen LogP contribution in [0.2, 0.25) is 0 Å². The predicted molar refractivity (Wildman–Crippen MR) is 164 cm³/mol. The molecule has 5 nitrogen and oxygen atoms in total. The summed E-state index contributed by atoms with van der Waals surface area (Å²) in [6.07, 6.45) is 9.85. The van der Waals surface area contributed by atoms with E-state index in [1.807, 2.05) is 82.0 Å². The fraction of sp³-hybridized carbons (Fsp3) is 0.531. The van der Waals surface area contributed by atoms with E-state index in [-0.39, 0.29) is 18.5 Å². The zero-order valence-electron chi connectivity index (χ0n) is 25.0. The zero-order valence-corrected chi connectivity index (χ0v) is 25.0. The van der Waals surface area contributed by atoms with Gasteiger partial charge >= 0.3 is 0 Å². The molecule has 1 aromatic rings. The number of amides is 1. The van der Waals surface area contributed by atoms with Gasteiger partial charge in [0.25, 0.3) is 0 Å². The molecular formula is C32H56N4O. The minimum atomic E-state index is 0.0795. The molecule has 2 N–H and O–H groups in total. The molecule has 37 heavy (non-hydrogen) atoms. The van der Waals surface area contributed by atoms with Gasteiger partial charge in [0.15, 0.2) is 0 Å². The number of nitrogens with zero attached hydrogens (tertiary/aromatic N) is 2. The Kier molecular flexibility index (Phi) is 24.5. The molecule has 1 atom stereocenters. The Morgan fingerprint density at radius 2 is 1.62 bits per heavy atom. The lowest BCUT2D eigenvalue weighted by Crippen LogP contribution is -2.55. The van der Waals surface area contributed by atoms with Crippen LogP contribution in [0.15, 0.2) is 85.3 Å². The topological polar surface area (TPSA) is 47.6 Å². The summed E-state index contributed by atoms with van der Waals surface area (Å²) in [5, 5.41) is 0. The van der Waals surface area contributed by atoms with Gasteiger partial charge in [-0.25, -0.2) is 5.43 Å². The molecule has 1 unspecified atom stereocenters. The van der Waals surface area contributed by atoms with Gasteiger partial charge in [-0.3, -0.25) is 4.79 Å². The Morgan fingerprint density at radius 3 is 2.11 bits per heavy atom. The Labute approximate surface area is 229 Å². The van der Waals surface area contributed by atoms with Gasteiger partial charge in [-0.05, 0) is 39.5 Å². The van der Waals surface area contributed by atoms with Crippen molar-refractivity contribution in [1.82, 2.24) is 20.7 Å². The number of piperazine rings is 1. The van der Waals surface area contributed by atoms with Gasteiger partial charge in [-0.15, -0.1) is 0 Å². The molecule has 2 rings (SSSR count). The first kappa shape index (κ1) is 36.4. The van der Waals surface area contributed by atoms with Crippen molar-refractivity contribution in [3.8, 4) is 0 Å². The van der Waals surface area contributed by atoms with Crippen LogP contribution in [-0.4, -0.2) is 47.9 Å². The number of hydrazine groups is 1. The molecule has 1 amide bonds. The molecule has 0 spiro atoms. The van der Waals surface area contributed by atoms with Gasteiger partial charge in [-0.1, -0.05) is 115 Å². The van der Waals surface area contributed by atoms with Crippen LogP contribution in [0.4, 0.5) is 0 Å². The molecule has 0 aromatic heterocycles. The summed E-state index contributed by atoms with van der Waals surface area (Å²) in [7, 11) is 0. The van der Waals surface area contributed by atoms with Crippen molar-refractivity contribution in [2.45, 2.75) is 86.6 Å². The molecule has 5 heteroatoms. The van der Waals surface area contributed by atoms with Crippen LogP contribution in [-0.2, 0) is 4.79 Å². The van der Waals surface area contributed by atoms with E-state index in [1.54, 1.807) is 0 Å². The van der Waals surface area contributed by atoms with Crippen LogP contribution in [0.25, 0.3) is 0 Å². The Bertz CT molecular complexity index is 731. The number of rotatable bonds is 12. The van der Waals surface area contributed by atoms with Gasteiger partial charge in [0.05, 0.1) is 13.1 Å². The third kappa shape index (κ3) is 18.2. The summed E-state index contributed by atoms with van der Waals surface area (Å²) >= 11 is 0. The number of nitrogens with one attached hydrogen (secondary N) is 2. The highest BCUT2D eigenvalue weighted by Crippen LogP contribution is 2.19. The molecule has 0 saturated carbocycles. The Hall–Kier alpha value is -2.79. The van der Waals surface area contributed by atoms with Gasteiger partial charge in [0, 0.05) is 30.5 Å². The summed E-state index contributed by atoms with van der Waals surface area (Å²) in [6.45, 7) is 28.6. The number of benzene rings is 1. The van der Waals surface area contributed by atoms with Crippen molar-refractivity contribution >= 4 is 5.91 Å². The molecule has 1 fully saturated rings. The lowest BCUT2D eigenvalue weighted by molar-refractivity contribution is -0.133. The van der Waals surface area contributed by atoms with E-state index in [0.29, 0.717) is 6.54 Å². The standard InChI is InChI=1S/C22H38N4O.C6H6.2C2H6/c1-7-11-21(12-8-2)13-9-10-14-25-16-20(6)26(17-19(25)5)22(27)15-23-24-18(3)4;1-2-4-6-5-3-1;2*1-2/h7,11,20,23-24H,1,3,5,8-10,12-17H2,2,4,6H3;1-6H;2*1-2H3/b21-11+;;;. The van der Waals surface area contributed by atoms with Gasteiger partial charge < -0.3 is 15.2 Å². The molecule has 1 saturated heterocycles. The molecule has 1 aliphatic heterocycles. The van der Waals surface area contributed by atoms with E-state index in [1.165, 1.54) is 18.4 Å². The highest BCUT2D eigenvalue weighted by atomic mass is 16.2. The van der Waals surface area contributed by atoms with Crippen molar-refractivity contribution in [2.75, 3.05) is 26.2 Å². The minimum absolute atomic E-state index is 0.0795. The third-order valence-corrected chi connectivity index (χ3v) is 5.45. The van der Waals surface area contributed by atoms with Crippen LogP contribution < -0.4 is 10.9 Å². The second-order valence-corrected chi connectivity index (χ2v) is 8.56. The van der Waals surface area contributed by atoms with Crippen molar-refractivity contribution < 1.29 is 4.79 Å². The van der Waals surface area contributed by atoms with Crippen molar-refractivity contribution in [1.29, 1.82) is 0 Å². The number of allylic oxidation sites excluding steroid dienone is 4. The van der Waals surface area contributed by atoms with E-state index in [2.05, 4.69) is 55.4 Å². The van der Waals surface area contributed by atoms with Gasteiger partial charge in [0.1, 0.15) is 0 Å². The first-order chi connectivity index (χ1) is 17.9. The van der Waals surface area contributed by atoms with E-state index in [9.17, 15) is 4.79 Å². The molecule has 0 bridgehead atoms. The quantitative estimate of drug-likeness (QED) is 0.173. The second-order valence-electron chi connectivity index (χ2n) is 8.56. The average molecular weight is 513 g/mol. The van der Waals surface area contributed by atoms with Crippen LogP contribution in [0, 0.1) is 0 Å². The van der Waals surface area contributed by atoms with E-state index in [4.69, 9.17) is 0 Å². The Morgan fingerprint density at radius 1 is 1.05 bits per heavy atom. The van der Waals surface area contributed by atoms with Crippen LogP contribution in [0.5, 0.6) is 0 Å². The molecule has 1 aliphatic rings. The first-order valence-electron chi connectivity index (χ1n) is 14.1. The maximum Gasteiger partial charge on any atom is 0.239 e. The fourth-order valence-corrected chi connectivity index (χ4v) is 3.77. The van der Waals surface area contributed by atoms with Crippen molar-refractivity contribution in [3.05, 3.63) is 85.3 Å². The smallest absolute Gasteiger partial charge is 0.239 e. The van der Waals surface area contributed by atoms with Crippen molar-refractivity contribution in [2.24, 2.45) is 0 Å². The summed E-state index contributed by atoms with van der Waals surface area (Å²) in [6, 6.07) is 12.2. The monoisotopic (exact) mass is 512 g/mol. The summed E-state index contributed by atoms with van der Waals surface area (Å²) in [5.74, 6) is 0.0795. The van der Waals surface area contributed by atoms with Crippen LogP contribution >= 0.6 is 0 Å². The molecule has 1 heterocycles. The molecule has 1 aromatic carbocycles. The lowest BCUT2D eigenvalue weighted by Gasteiger charge is -2.42. The summed E-state index contributed by atoms with van der Waals surface area (Å²) in [4.78, 5) is 16.7. The van der Waals surface area contributed by atoms with E-state index >= 15 is 0 Å². The van der Waals surface area contributed by atoms with E-state index in [0.717, 1.165) is 43.7 Å². The lowest BCUT2D eigenvalue weighted by atomic mass is 10.0. The number of carbonyl (C=O) groups excluding carboxylic acids is 1. The fourth-order valence-electron chi connectivity index (χ4n) is 3.77. The van der Waals surface area contributed by atoms with Crippen LogP contribution in [0.1, 0.15) is 80.6 Å². The molecular weight excluding hydrogens is 456 g/mol. The highest BCUT2D eigenvalue weighted by molar-refractivity contribution is 5.79. The highest BCUT2D eigenvalue weighted by Gasteiger charge is 2.28. The van der Waals surface area contributed by atoms with E-state index < -0.39 is 0 Å². The van der Waals surface area contributed by atoms with Gasteiger partial charge in [0.2, 0.25) is 5.91 Å². The molecule has 210 valence electrons. The van der Waals surface area contributed by atoms with Gasteiger partial charge in [-0.2, -0.15) is 0 Å². The number of carbonyl (C=O) groups is 1. The third-order valence-electron chi connectivity index (χ3n) is 5.45. The summed E-state index contributed by atoms with van der Waals surface area (Å²) < 4.78 is 0. The average Bonchev–Trinajstić information content (AvgIpc) is 2.91. The largest absolute Gasteiger partial charge is 0.372 e. The normalized spacial score (nSPS) is 14.6. The maximum absolute atomic E-state index is 12.4. The maximum atomic E-state index is 12.4. The number of hydrogen-bond acceptors (Lipinski definition) is 4. The molecule has 0 radical (unpaired) electrons. The summed E-state index contributed by atoms with van der Waals surface area (Å²) in [5.41, 5.74) is 9.09. The first-order valence-corrected chi connectivity index (χ1v) is 14.1. The van der Waals surface area contributed by atoms with Crippen LogP contribution in [0.3, 0.4) is 0 Å². The second kappa shape index (κ2) is 24.9. The predicted octanol–water partition coefficient (Wildman–Crippen LogP) is 7.48. The minimum Gasteiger partial charge on any atom is -0.372 e. The number of unbranched alkanes of at least 4 members (excludes halogenated alkanes) is 1. The molecule has 0 aliphatic carbocycles. The SMILES string of the molecule is C=C/C=C(\CCC)CCCCN1CC(C)N(C(=O)CNNC(=C)C)CC1=C.CC.CC.c1ccccc1.